The van der Waals surface area contributed by atoms with Crippen LogP contribution in [0.15, 0.2) is 0 Å². The number of hydrogen-bond acceptors (Lipinski definition) is 1. The van der Waals surface area contributed by atoms with Gasteiger partial charge < -0.3 is 5.11 Å². The number of carboxylic acid groups (broad SMARTS) is 1. The first-order valence-electron chi connectivity index (χ1n) is 7.29. The maximum absolute atomic E-state index is 10.3. The lowest BCUT2D eigenvalue weighted by molar-refractivity contribution is -0.137. The first-order valence-corrected chi connectivity index (χ1v) is 7.29. The summed E-state index contributed by atoms with van der Waals surface area (Å²) in [6, 6.07) is 0. The molecule has 0 heterocycles. The smallest absolute Gasteiger partial charge is 0.303 e. The van der Waals surface area contributed by atoms with Crippen LogP contribution in [-0.2, 0) is 4.79 Å². The Bertz CT molecular complexity index is 189. The lowest BCUT2D eigenvalue weighted by Crippen LogP contribution is -2.06. The van der Waals surface area contributed by atoms with Gasteiger partial charge in [-0.25, -0.2) is 0 Å². The van der Waals surface area contributed by atoms with Crippen molar-refractivity contribution in [1.29, 1.82) is 0 Å². The van der Waals surface area contributed by atoms with E-state index in [0.29, 0.717) is 6.42 Å². The van der Waals surface area contributed by atoms with Crippen molar-refractivity contribution in [2.45, 2.75) is 78.6 Å². The van der Waals surface area contributed by atoms with E-state index in [2.05, 4.69) is 20.8 Å². The summed E-state index contributed by atoms with van der Waals surface area (Å²) < 4.78 is 0. The van der Waals surface area contributed by atoms with Gasteiger partial charge >= 0.3 is 5.97 Å². The summed E-state index contributed by atoms with van der Waals surface area (Å²) in [4.78, 5) is 10.3. The SMILES string of the molecule is CCC(C)C(C)CCCCCCCCC(=O)O. The van der Waals surface area contributed by atoms with Crippen LogP contribution in [0, 0.1) is 11.8 Å². The minimum Gasteiger partial charge on any atom is -0.481 e. The average molecular weight is 242 g/mol. The summed E-state index contributed by atoms with van der Waals surface area (Å²) in [6.45, 7) is 6.97. The van der Waals surface area contributed by atoms with Gasteiger partial charge in [0.05, 0.1) is 0 Å². The molecule has 0 aromatic rings. The predicted octanol–water partition coefficient (Wildman–Crippen LogP) is 4.87. The van der Waals surface area contributed by atoms with Gasteiger partial charge in [-0.2, -0.15) is 0 Å². The maximum Gasteiger partial charge on any atom is 0.303 e. The van der Waals surface area contributed by atoms with Crippen molar-refractivity contribution in [1.82, 2.24) is 0 Å². The van der Waals surface area contributed by atoms with Gasteiger partial charge in [-0.15, -0.1) is 0 Å². The zero-order valence-electron chi connectivity index (χ0n) is 11.9. The number of unbranched alkanes of at least 4 members (excludes halogenated alkanes) is 5. The second kappa shape index (κ2) is 10.6. The summed E-state index contributed by atoms with van der Waals surface area (Å²) >= 11 is 0. The van der Waals surface area contributed by atoms with E-state index < -0.39 is 5.97 Å². The molecule has 0 spiro atoms. The van der Waals surface area contributed by atoms with Crippen LogP contribution in [0.3, 0.4) is 0 Å². The van der Waals surface area contributed by atoms with E-state index in [1.54, 1.807) is 0 Å². The van der Waals surface area contributed by atoms with E-state index in [0.717, 1.165) is 24.7 Å². The fourth-order valence-corrected chi connectivity index (χ4v) is 2.14. The summed E-state index contributed by atoms with van der Waals surface area (Å²) in [5.74, 6) is 1.05. The highest BCUT2D eigenvalue weighted by Crippen LogP contribution is 2.21. The molecule has 0 radical (unpaired) electrons. The van der Waals surface area contributed by atoms with E-state index >= 15 is 0 Å². The van der Waals surface area contributed by atoms with Crippen LogP contribution < -0.4 is 0 Å². The van der Waals surface area contributed by atoms with Gasteiger partial charge in [0.25, 0.3) is 0 Å². The van der Waals surface area contributed by atoms with Gasteiger partial charge in [0.15, 0.2) is 0 Å². The summed E-state index contributed by atoms with van der Waals surface area (Å²) in [7, 11) is 0. The quantitative estimate of drug-likeness (QED) is 0.525. The fourth-order valence-electron chi connectivity index (χ4n) is 2.14. The van der Waals surface area contributed by atoms with Gasteiger partial charge in [-0.05, 0) is 18.3 Å². The van der Waals surface area contributed by atoms with Gasteiger partial charge in [-0.3, -0.25) is 4.79 Å². The van der Waals surface area contributed by atoms with Crippen molar-refractivity contribution < 1.29 is 9.90 Å². The van der Waals surface area contributed by atoms with Crippen molar-refractivity contribution in [3.8, 4) is 0 Å². The van der Waals surface area contributed by atoms with Gasteiger partial charge in [-0.1, -0.05) is 65.7 Å². The monoisotopic (exact) mass is 242 g/mol. The molecule has 0 amide bonds. The molecule has 0 aliphatic rings. The Morgan fingerprint density at radius 2 is 1.47 bits per heavy atom. The molecule has 0 bridgehead atoms. The molecule has 102 valence electrons. The topological polar surface area (TPSA) is 37.3 Å². The molecule has 0 aliphatic heterocycles. The molecule has 2 unspecified atom stereocenters. The third kappa shape index (κ3) is 10.3. The Morgan fingerprint density at radius 3 is 2.00 bits per heavy atom. The summed E-state index contributed by atoms with van der Waals surface area (Å²) in [6.07, 6.45) is 10.0. The second-order valence-corrected chi connectivity index (χ2v) is 5.42. The zero-order chi connectivity index (χ0) is 13.1. The van der Waals surface area contributed by atoms with E-state index in [9.17, 15) is 4.79 Å². The number of hydrogen-bond donors (Lipinski definition) is 1. The van der Waals surface area contributed by atoms with Crippen molar-refractivity contribution in [2.75, 3.05) is 0 Å². The van der Waals surface area contributed by atoms with Crippen molar-refractivity contribution in [3.63, 3.8) is 0 Å². The van der Waals surface area contributed by atoms with Crippen LogP contribution in [0.5, 0.6) is 0 Å². The Labute approximate surface area is 107 Å². The number of rotatable bonds is 11. The Balaban J connectivity index is 3.21. The molecular weight excluding hydrogens is 212 g/mol. The number of carbonyl (C=O) groups is 1. The Kier molecular flexibility index (Phi) is 10.3. The molecule has 0 aromatic heterocycles. The third-order valence-corrected chi connectivity index (χ3v) is 3.92. The van der Waals surface area contributed by atoms with Crippen LogP contribution >= 0.6 is 0 Å². The minimum atomic E-state index is -0.660. The molecule has 0 aliphatic carbocycles. The van der Waals surface area contributed by atoms with E-state index in [4.69, 9.17) is 5.11 Å². The highest BCUT2D eigenvalue weighted by molar-refractivity contribution is 5.66. The van der Waals surface area contributed by atoms with Gasteiger partial charge in [0.2, 0.25) is 0 Å². The Hall–Kier alpha value is -0.530. The van der Waals surface area contributed by atoms with Crippen molar-refractivity contribution in [3.05, 3.63) is 0 Å². The van der Waals surface area contributed by atoms with Crippen LogP contribution in [0.25, 0.3) is 0 Å². The number of carboxylic acids is 1. The zero-order valence-corrected chi connectivity index (χ0v) is 11.9. The first-order chi connectivity index (χ1) is 8.07. The van der Waals surface area contributed by atoms with Crippen LogP contribution in [0.2, 0.25) is 0 Å². The lowest BCUT2D eigenvalue weighted by Gasteiger charge is -2.17. The van der Waals surface area contributed by atoms with Gasteiger partial charge in [0, 0.05) is 6.42 Å². The average Bonchev–Trinajstić information content (AvgIpc) is 2.30. The fraction of sp³-hybridized carbons (Fsp3) is 0.933. The molecule has 0 saturated carbocycles. The maximum atomic E-state index is 10.3. The molecule has 0 rings (SSSR count). The predicted molar refractivity (Wildman–Crippen MR) is 73.2 cm³/mol. The molecule has 2 heteroatoms. The van der Waals surface area contributed by atoms with E-state index in [1.807, 2.05) is 0 Å². The first kappa shape index (κ1) is 16.5. The molecule has 2 nitrogen and oxygen atoms in total. The largest absolute Gasteiger partial charge is 0.481 e. The highest BCUT2D eigenvalue weighted by atomic mass is 16.4. The van der Waals surface area contributed by atoms with Crippen LogP contribution in [0.1, 0.15) is 78.6 Å². The molecular formula is C15H30O2. The van der Waals surface area contributed by atoms with E-state index in [1.165, 1.54) is 38.5 Å². The normalized spacial score (nSPS) is 14.5. The summed E-state index contributed by atoms with van der Waals surface area (Å²) in [5.41, 5.74) is 0. The molecule has 17 heavy (non-hydrogen) atoms. The highest BCUT2D eigenvalue weighted by Gasteiger charge is 2.08. The van der Waals surface area contributed by atoms with E-state index in [-0.39, 0.29) is 0 Å². The Morgan fingerprint density at radius 1 is 0.941 bits per heavy atom. The van der Waals surface area contributed by atoms with Crippen LogP contribution in [-0.4, -0.2) is 11.1 Å². The lowest BCUT2D eigenvalue weighted by atomic mass is 9.89. The van der Waals surface area contributed by atoms with Crippen molar-refractivity contribution in [2.24, 2.45) is 11.8 Å². The summed E-state index contributed by atoms with van der Waals surface area (Å²) in [5, 5.41) is 8.49. The van der Waals surface area contributed by atoms with Gasteiger partial charge in [0.1, 0.15) is 0 Å². The molecule has 0 fully saturated rings. The minimum absolute atomic E-state index is 0.338. The second-order valence-electron chi connectivity index (χ2n) is 5.42. The number of aliphatic carboxylic acids is 1. The molecule has 0 aromatic carbocycles. The third-order valence-electron chi connectivity index (χ3n) is 3.92. The standard InChI is InChI=1S/C15H30O2/c1-4-13(2)14(3)11-9-7-5-6-8-10-12-15(16)17/h13-14H,4-12H2,1-3H3,(H,16,17). The van der Waals surface area contributed by atoms with Crippen molar-refractivity contribution >= 4 is 5.97 Å². The molecule has 1 N–H and O–H groups in total. The van der Waals surface area contributed by atoms with Crippen LogP contribution in [0.4, 0.5) is 0 Å². The molecule has 2 atom stereocenters. The molecule has 0 saturated heterocycles.